The summed E-state index contributed by atoms with van der Waals surface area (Å²) in [4.78, 5) is 29.1. The third-order valence-electron chi connectivity index (χ3n) is 4.27. The molecule has 2 rings (SSSR count). The van der Waals surface area contributed by atoms with E-state index in [1.165, 1.54) is 0 Å². The molecular weight excluding hydrogens is 326 g/mol. The number of benzene rings is 1. The number of nitrogens with zero attached hydrogens (tertiary/aromatic N) is 1. The lowest BCUT2D eigenvalue weighted by Crippen LogP contribution is -2.26. The van der Waals surface area contributed by atoms with Gasteiger partial charge in [0.1, 0.15) is 11.4 Å². The van der Waals surface area contributed by atoms with Crippen molar-refractivity contribution < 1.29 is 9.59 Å². The number of anilines is 1. The van der Waals surface area contributed by atoms with Crippen LogP contribution in [0.4, 0.5) is 5.69 Å². The molecule has 0 atom stereocenters. The summed E-state index contributed by atoms with van der Waals surface area (Å²) >= 11 is 0. The summed E-state index contributed by atoms with van der Waals surface area (Å²) in [5.41, 5.74) is 3.52. The Bertz CT molecular complexity index is 749. The lowest BCUT2D eigenvalue weighted by atomic mass is 10.0. The third-order valence-corrected chi connectivity index (χ3v) is 4.27. The van der Waals surface area contributed by atoms with Gasteiger partial charge in [0.2, 0.25) is 0 Å². The van der Waals surface area contributed by atoms with Crippen LogP contribution in [0, 0.1) is 0 Å². The number of carbonyl (C=O) groups is 2. The number of aromatic nitrogens is 1. The number of hydrogen-bond donors (Lipinski definition) is 2. The molecule has 2 amide bonds. The van der Waals surface area contributed by atoms with Crippen LogP contribution in [-0.4, -0.2) is 23.3 Å². The molecule has 5 heteroatoms. The van der Waals surface area contributed by atoms with E-state index in [0.717, 1.165) is 42.5 Å². The Balaban J connectivity index is 2.18. The maximum absolute atomic E-state index is 12.7. The van der Waals surface area contributed by atoms with E-state index < -0.39 is 0 Å². The average Bonchev–Trinajstić information content (AvgIpc) is 2.68. The zero-order valence-electron chi connectivity index (χ0n) is 15.8. The number of carbonyl (C=O) groups excluding carboxylic acids is 2. The van der Waals surface area contributed by atoms with Gasteiger partial charge in [-0.15, -0.1) is 0 Å². The highest BCUT2D eigenvalue weighted by Gasteiger charge is 2.15. The van der Waals surface area contributed by atoms with Gasteiger partial charge in [0, 0.05) is 12.2 Å². The predicted molar refractivity (Wildman–Crippen MR) is 105 cm³/mol. The average molecular weight is 353 g/mol. The molecule has 26 heavy (non-hydrogen) atoms. The molecule has 2 aromatic rings. The van der Waals surface area contributed by atoms with Crippen molar-refractivity contribution in [2.45, 2.75) is 46.5 Å². The number of unbranched alkanes of at least 4 members (excludes halogenated alkanes) is 1. The molecule has 0 aliphatic carbocycles. The molecule has 0 spiro atoms. The van der Waals surface area contributed by atoms with E-state index in [9.17, 15) is 9.59 Å². The van der Waals surface area contributed by atoms with Gasteiger partial charge < -0.3 is 10.6 Å². The number of pyridine rings is 1. The van der Waals surface area contributed by atoms with Gasteiger partial charge in [-0.1, -0.05) is 51.5 Å². The van der Waals surface area contributed by atoms with E-state index in [0.29, 0.717) is 6.54 Å². The van der Waals surface area contributed by atoms with Gasteiger partial charge in [-0.05, 0) is 42.5 Å². The standard InChI is InChI=1S/C21H27N3O2/c1-4-7-14-22-20(25)17-12-9-13-18(23-17)21(26)24-19-15(5-2)10-8-11-16(19)6-3/h8-13H,4-7,14H2,1-3H3,(H,22,25)(H,24,26). The maximum atomic E-state index is 12.7. The van der Waals surface area contributed by atoms with Crippen molar-refractivity contribution in [2.75, 3.05) is 11.9 Å². The van der Waals surface area contributed by atoms with Gasteiger partial charge in [-0.2, -0.15) is 0 Å². The second-order valence-corrected chi connectivity index (χ2v) is 6.13. The third kappa shape index (κ3) is 4.91. The smallest absolute Gasteiger partial charge is 0.274 e. The Kier molecular flexibility index (Phi) is 7.33. The minimum Gasteiger partial charge on any atom is -0.351 e. The van der Waals surface area contributed by atoms with Gasteiger partial charge in [-0.25, -0.2) is 4.98 Å². The number of aryl methyl sites for hydroxylation is 2. The topological polar surface area (TPSA) is 71.1 Å². The molecule has 0 saturated heterocycles. The SMILES string of the molecule is CCCCNC(=O)c1cccc(C(=O)Nc2c(CC)cccc2CC)n1. The fourth-order valence-electron chi connectivity index (χ4n) is 2.74. The van der Waals surface area contributed by atoms with Crippen LogP contribution in [0.3, 0.4) is 0 Å². The van der Waals surface area contributed by atoms with Crippen molar-refractivity contribution in [1.29, 1.82) is 0 Å². The largest absolute Gasteiger partial charge is 0.351 e. The van der Waals surface area contributed by atoms with Crippen molar-refractivity contribution in [1.82, 2.24) is 10.3 Å². The van der Waals surface area contributed by atoms with Crippen LogP contribution in [0.15, 0.2) is 36.4 Å². The van der Waals surface area contributed by atoms with Crippen molar-refractivity contribution in [3.63, 3.8) is 0 Å². The molecule has 0 bridgehead atoms. The highest BCUT2D eigenvalue weighted by atomic mass is 16.2. The monoisotopic (exact) mass is 353 g/mol. The zero-order valence-corrected chi connectivity index (χ0v) is 15.8. The predicted octanol–water partition coefficient (Wildman–Crippen LogP) is 3.99. The Morgan fingerprint density at radius 1 is 0.885 bits per heavy atom. The van der Waals surface area contributed by atoms with Gasteiger partial charge in [-0.3, -0.25) is 9.59 Å². The summed E-state index contributed by atoms with van der Waals surface area (Å²) < 4.78 is 0. The highest BCUT2D eigenvalue weighted by molar-refractivity contribution is 6.04. The molecule has 0 aliphatic rings. The summed E-state index contributed by atoms with van der Waals surface area (Å²) in [6.45, 7) is 6.79. The highest BCUT2D eigenvalue weighted by Crippen LogP contribution is 2.23. The molecular formula is C21H27N3O2. The number of hydrogen-bond acceptors (Lipinski definition) is 3. The molecule has 1 heterocycles. The van der Waals surface area contributed by atoms with Gasteiger partial charge in [0.05, 0.1) is 0 Å². The van der Waals surface area contributed by atoms with Gasteiger partial charge in [0.25, 0.3) is 11.8 Å². The van der Waals surface area contributed by atoms with Crippen molar-refractivity contribution in [2.24, 2.45) is 0 Å². The lowest BCUT2D eigenvalue weighted by molar-refractivity contribution is 0.0948. The molecule has 0 saturated carbocycles. The fraction of sp³-hybridized carbons (Fsp3) is 0.381. The van der Waals surface area contributed by atoms with Crippen LogP contribution >= 0.6 is 0 Å². The second-order valence-electron chi connectivity index (χ2n) is 6.13. The van der Waals surface area contributed by atoms with E-state index in [1.807, 2.05) is 18.2 Å². The molecule has 2 N–H and O–H groups in total. The molecule has 0 unspecified atom stereocenters. The van der Waals surface area contributed by atoms with Crippen LogP contribution in [0.5, 0.6) is 0 Å². The molecule has 0 radical (unpaired) electrons. The Labute approximate surface area is 155 Å². The van der Waals surface area contributed by atoms with Gasteiger partial charge >= 0.3 is 0 Å². The number of rotatable bonds is 8. The number of nitrogens with one attached hydrogen (secondary N) is 2. The van der Waals surface area contributed by atoms with E-state index in [2.05, 4.69) is 36.4 Å². The van der Waals surface area contributed by atoms with Crippen molar-refractivity contribution >= 4 is 17.5 Å². The van der Waals surface area contributed by atoms with E-state index in [1.54, 1.807) is 18.2 Å². The molecule has 0 fully saturated rings. The van der Waals surface area contributed by atoms with Crippen LogP contribution in [0.25, 0.3) is 0 Å². The van der Waals surface area contributed by atoms with E-state index in [-0.39, 0.29) is 23.2 Å². The molecule has 138 valence electrons. The minimum atomic E-state index is -0.302. The first-order chi connectivity index (χ1) is 12.6. The summed E-state index contributed by atoms with van der Waals surface area (Å²) in [7, 11) is 0. The normalized spacial score (nSPS) is 10.4. The Hall–Kier alpha value is -2.69. The maximum Gasteiger partial charge on any atom is 0.274 e. The van der Waals surface area contributed by atoms with Crippen molar-refractivity contribution in [3.05, 3.63) is 58.9 Å². The van der Waals surface area contributed by atoms with Crippen LogP contribution in [-0.2, 0) is 12.8 Å². The first-order valence-corrected chi connectivity index (χ1v) is 9.28. The quantitative estimate of drug-likeness (QED) is 0.705. The molecule has 5 nitrogen and oxygen atoms in total. The minimum absolute atomic E-state index is 0.237. The lowest BCUT2D eigenvalue weighted by Gasteiger charge is -2.14. The van der Waals surface area contributed by atoms with Crippen LogP contribution in [0.2, 0.25) is 0 Å². The Morgan fingerprint density at radius 2 is 1.46 bits per heavy atom. The molecule has 0 aliphatic heterocycles. The number of para-hydroxylation sites is 1. The molecule has 1 aromatic carbocycles. The van der Waals surface area contributed by atoms with Gasteiger partial charge in [0.15, 0.2) is 0 Å². The van der Waals surface area contributed by atoms with E-state index >= 15 is 0 Å². The van der Waals surface area contributed by atoms with Crippen molar-refractivity contribution in [3.8, 4) is 0 Å². The first kappa shape index (κ1) is 19.6. The summed E-state index contributed by atoms with van der Waals surface area (Å²) in [6, 6.07) is 11.0. The summed E-state index contributed by atoms with van der Waals surface area (Å²) in [5, 5.41) is 5.80. The molecule has 1 aromatic heterocycles. The summed E-state index contributed by atoms with van der Waals surface area (Å²) in [6.07, 6.45) is 3.58. The first-order valence-electron chi connectivity index (χ1n) is 9.28. The number of amides is 2. The Morgan fingerprint density at radius 3 is 2.04 bits per heavy atom. The fourth-order valence-corrected chi connectivity index (χ4v) is 2.74. The summed E-state index contributed by atoms with van der Waals surface area (Å²) in [5.74, 6) is -0.555. The van der Waals surface area contributed by atoms with Crippen LogP contribution in [0.1, 0.15) is 65.7 Å². The second kappa shape index (κ2) is 9.70. The van der Waals surface area contributed by atoms with E-state index in [4.69, 9.17) is 0 Å². The zero-order chi connectivity index (χ0) is 18.9. The van der Waals surface area contributed by atoms with Crippen LogP contribution < -0.4 is 10.6 Å².